The average Bonchev–Trinajstić information content (AvgIpc) is 3.47. The van der Waals surface area contributed by atoms with Crippen molar-refractivity contribution in [2.24, 2.45) is 5.92 Å². The fraction of sp³-hybridized carbons (Fsp3) is 0.500. The lowest BCUT2D eigenvalue weighted by atomic mass is 9.95. The lowest BCUT2D eigenvalue weighted by molar-refractivity contribution is -0.126. The second kappa shape index (κ2) is 11.0. The number of piperidine rings is 1. The summed E-state index contributed by atoms with van der Waals surface area (Å²) in [5.74, 6) is 0.419. The molecule has 5 heteroatoms. The monoisotopic (exact) mass is 472 g/mol. The number of carbonyl (C=O) groups excluding carboxylic acids is 1. The number of hydrogen-bond donors (Lipinski definition) is 1. The van der Waals surface area contributed by atoms with Gasteiger partial charge in [-0.3, -0.25) is 14.6 Å². The van der Waals surface area contributed by atoms with Gasteiger partial charge in [0.15, 0.2) is 0 Å². The molecule has 2 saturated heterocycles. The summed E-state index contributed by atoms with van der Waals surface area (Å²) in [5.41, 5.74) is 5.30. The Balaban J connectivity index is 1.20. The smallest absolute Gasteiger partial charge is 0.223 e. The first-order valence-electron chi connectivity index (χ1n) is 13.5. The molecule has 0 radical (unpaired) electrons. The summed E-state index contributed by atoms with van der Waals surface area (Å²) in [6.45, 7) is 11.2. The van der Waals surface area contributed by atoms with Crippen molar-refractivity contribution in [2.75, 3.05) is 32.7 Å². The Hall–Kier alpha value is -2.63. The maximum absolute atomic E-state index is 12.9. The molecule has 2 aromatic carbocycles. The first kappa shape index (κ1) is 24.1. The van der Waals surface area contributed by atoms with Crippen molar-refractivity contribution < 1.29 is 4.79 Å². The molecular formula is C30H40N4O. The van der Waals surface area contributed by atoms with Crippen LogP contribution in [0, 0.1) is 12.8 Å². The largest absolute Gasteiger partial charge is 0.354 e. The van der Waals surface area contributed by atoms with Gasteiger partial charge in [-0.25, -0.2) is 0 Å². The van der Waals surface area contributed by atoms with Crippen molar-refractivity contribution in [2.45, 2.75) is 58.7 Å². The fourth-order valence-corrected chi connectivity index (χ4v) is 6.07. The number of rotatable bonds is 8. The molecule has 1 N–H and O–H groups in total. The van der Waals surface area contributed by atoms with Crippen LogP contribution >= 0.6 is 0 Å². The summed E-state index contributed by atoms with van der Waals surface area (Å²) in [4.78, 5) is 17.9. The number of nitrogens with one attached hydrogen (secondary N) is 1. The van der Waals surface area contributed by atoms with Crippen LogP contribution in [0.1, 0.15) is 49.4 Å². The zero-order chi connectivity index (χ0) is 24.2. The molecule has 2 aliphatic rings. The standard InChI is InChI=1S/C30H40N4O/c1-3-33-15-7-11-27(33)20-31-30(35)25-13-16-32(17-14-25)22-28-19-26-10-4-5-12-29(26)34(28)21-24-9-6-8-23(2)18-24/h4-6,8-10,12,18-19,25,27H,3,7,11,13-17,20-22H2,1-2H3,(H,31,35). The first-order chi connectivity index (χ1) is 17.1. The van der Waals surface area contributed by atoms with Gasteiger partial charge in [-0.1, -0.05) is 55.0 Å². The van der Waals surface area contributed by atoms with Crippen molar-refractivity contribution in [1.29, 1.82) is 0 Å². The summed E-state index contributed by atoms with van der Waals surface area (Å²) in [7, 11) is 0. The van der Waals surface area contributed by atoms with Crippen LogP contribution in [-0.4, -0.2) is 59.0 Å². The minimum Gasteiger partial charge on any atom is -0.354 e. The number of hydrogen-bond acceptors (Lipinski definition) is 3. The van der Waals surface area contributed by atoms with E-state index in [9.17, 15) is 4.79 Å². The van der Waals surface area contributed by atoms with Gasteiger partial charge in [0.25, 0.3) is 0 Å². The van der Waals surface area contributed by atoms with Crippen LogP contribution in [0.3, 0.4) is 0 Å². The number of likely N-dealkylation sites (N-methyl/N-ethyl adjacent to an activating group) is 1. The molecule has 1 amide bonds. The number of benzene rings is 2. The molecule has 186 valence electrons. The molecule has 5 rings (SSSR count). The molecule has 0 bridgehead atoms. The fourth-order valence-electron chi connectivity index (χ4n) is 6.07. The molecule has 0 aliphatic carbocycles. The van der Waals surface area contributed by atoms with E-state index in [1.807, 2.05) is 0 Å². The van der Waals surface area contributed by atoms with Crippen LogP contribution in [0.4, 0.5) is 0 Å². The van der Waals surface area contributed by atoms with E-state index >= 15 is 0 Å². The van der Waals surface area contributed by atoms with Crippen molar-refractivity contribution in [3.8, 4) is 0 Å². The van der Waals surface area contributed by atoms with Gasteiger partial charge in [0, 0.05) is 42.8 Å². The Morgan fingerprint density at radius 2 is 1.80 bits per heavy atom. The van der Waals surface area contributed by atoms with Gasteiger partial charge in [0.05, 0.1) is 0 Å². The molecule has 35 heavy (non-hydrogen) atoms. The predicted octanol–water partition coefficient (Wildman–Crippen LogP) is 4.81. The number of likely N-dealkylation sites (tertiary alicyclic amines) is 2. The zero-order valence-corrected chi connectivity index (χ0v) is 21.4. The van der Waals surface area contributed by atoms with Crippen molar-refractivity contribution >= 4 is 16.8 Å². The highest BCUT2D eigenvalue weighted by molar-refractivity contribution is 5.81. The Morgan fingerprint density at radius 1 is 0.971 bits per heavy atom. The van der Waals surface area contributed by atoms with E-state index in [4.69, 9.17) is 0 Å². The maximum atomic E-state index is 12.9. The molecule has 5 nitrogen and oxygen atoms in total. The highest BCUT2D eigenvalue weighted by Crippen LogP contribution is 2.25. The van der Waals surface area contributed by atoms with Crippen LogP contribution in [-0.2, 0) is 17.9 Å². The van der Waals surface area contributed by atoms with Crippen molar-refractivity contribution in [1.82, 2.24) is 19.7 Å². The summed E-state index contributed by atoms with van der Waals surface area (Å²) < 4.78 is 2.48. The molecule has 2 fully saturated rings. The summed E-state index contributed by atoms with van der Waals surface area (Å²) in [5, 5.41) is 4.58. The van der Waals surface area contributed by atoms with Gasteiger partial charge in [-0.15, -0.1) is 0 Å². The van der Waals surface area contributed by atoms with E-state index in [1.54, 1.807) is 0 Å². The molecule has 1 atom stereocenters. The lowest BCUT2D eigenvalue weighted by Crippen LogP contribution is -2.44. The third kappa shape index (κ3) is 5.62. The van der Waals surface area contributed by atoms with Crippen LogP contribution in [0.15, 0.2) is 54.6 Å². The molecule has 3 heterocycles. The number of aryl methyl sites for hydroxylation is 1. The van der Waals surface area contributed by atoms with Gasteiger partial charge in [0.2, 0.25) is 5.91 Å². The number of aromatic nitrogens is 1. The summed E-state index contributed by atoms with van der Waals surface area (Å²) >= 11 is 0. The van der Waals surface area contributed by atoms with Crippen LogP contribution in [0.5, 0.6) is 0 Å². The van der Waals surface area contributed by atoms with Gasteiger partial charge in [-0.05, 0) is 81.9 Å². The molecule has 2 aliphatic heterocycles. The number of para-hydroxylation sites is 1. The Bertz CT molecular complexity index is 1140. The highest BCUT2D eigenvalue weighted by Gasteiger charge is 2.28. The average molecular weight is 473 g/mol. The van der Waals surface area contributed by atoms with Gasteiger partial charge < -0.3 is 9.88 Å². The van der Waals surface area contributed by atoms with E-state index in [2.05, 4.69) is 88.1 Å². The SMILES string of the molecule is CCN1CCCC1CNC(=O)C1CCN(Cc2cc3ccccc3n2Cc2cccc(C)c2)CC1. The topological polar surface area (TPSA) is 40.5 Å². The third-order valence-electron chi connectivity index (χ3n) is 8.08. The zero-order valence-electron chi connectivity index (χ0n) is 21.4. The van der Waals surface area contributed by atoms with Crippen molar-refractivity contribution in [3.63, 3.8) is 0 Å². The van der Waals surface area contributed by atoms with E-state index in [1.165, 1.54) is 47.1 Å². The van der Waals surface area contributed by atoms with Gasteiger partial charge in [-0.2, -0.15) is 0 Å². The quantitative estimate of drug-likeness (QED) is 0.511. The van der Waals surface area contributed by atoms with Crippen LogP contribution < -0.4 is 5.32 Å². The summed E-state index contributed by atoms with van der Waals surface area (Å²) in [6.07, 6.45) is 4.37. The summed E-state index contributed by atoms with van der Waals surface area (Å²) in [6, 6.07) is 20.4. The number of nitrogens with zero attached hydrogens (tertiary/aromatic N) is 3. The lowest BCUT2D eigenvalue weighted by Gasteiger charge is -2.32. The predicted molar refractivity (Wildman–Crippen MR) is 143 cm³/mol. The van der Waals surface area contributed by atoms with Crippen LogP contribution in [0.2, 0.25) is 0 Å². The maximum Gasteiger partial charge on any atom is 0.223 e. The second-order valence-corrected chi connectivity index (χ2v) is 10.5. The van der Waals surface area contributed by atoms with Gasteiger partial charge >= 0.3 is 0 Å². The molecule has 3 aromatic rings. The minimum absolute atomic E-state index is 0.154. The van der Waals surface area contributed by atoms with E-state index in [0.29, 0.717) is 6.04 Å². The highest BCUT2D eigenvalue weighted by atomic mass is 16.1. The second-order valence-electron chi connectivity index (χ2n) is 10.5. The molecule has 0 saturated carbocycles. The Kier molecular flexibility index (Phi) is 7.54. The van der Waals surface area contributed by atoms with E-state index in [-0.39, 0.29) is 11.8 Å². The van der Waals surface area contributed by atoms with E-state index in [0.717, 1.165) is 52.1 Å². The van der Waals surface area contributed by atoms with E-state index < -0.39 is 0 Å². The van der Waals surface area contributed by atoms with Crippen molar-refractivity contribution in [3.05, 3.63) is 71.4 Å². The normalized spacial score (nSPS) is 20.0. The molecule has 1 unspecified atom stereocenters. The number of amides is 1. The minimum atomic E-state index is 0.154. The molecular weight excluding hydrogens is 432 g/mol. The number of fused-ring (bicyclic) bond motifs is 1. The third-order valence-corrected chi connectivity index (χ3v) is 8.08. The number of carbonyl (C=O) groups is 1. The van der Waals surface area contributed by atoms with Crippen LogP contribution in [0.25, 0.3) is 10.9 Å². The molecule has 0 spiro atoms. The Morgan fingerprint density at radius 3 is 2.60 bits per heavy atom. The van der Waals surface area contributed by atoms with Gasteiger partial charge in [0.1, 0.15) is 0 Å². The first-order valence-corrected chi connectivity index (χ1v) is 13.5. The molecule has 1 aromatic heterocycles. The Labute approximate surface area is 210 Å².